The van der Waals surface area contributed by atoms with E-state index in [2.05, 4.69) is 0 Å². The standard InChI is InChI=1S/C22H18ClNO4/c23-14-8-9-17-16(11-14)20(25)18-19(13-5-2-1-3-6-13)24(22(26)21(18)28-17)12-15-7-4-10-27-15/h1-3,5-6,8-9,11,15,19H,4,7,10,12H2/t15-,19-/m0/s1. The lowest BCUT2D eigenvalue weighted by Gasteiger charge is -2.27. The van der Waals surface area contributed by atoms with Gasteiger partial charge in [0, 0.05) is 18.2 Å². The molecule has 1 amide bonds. The highest BCUT2D eigenvalue weighted by Gasteiger charge is 2.43. The molecule has 1 saturated heterocycles. The van der Waals surface area contributed by atoms with Gasteiger partial charge in [-0.2, -0.15) is 0 Å². The van der Waals surface area contributed by atoms with Crippen LogP contribution in [0, 0.1) is 0 Å². The molecule has 0 spiro atoms. The van der Waals surface area contributed by atoms with Crippen LogP contribution in [0.25, 0.3) is 11.0 Å². The molecule has 1 fully saturated rings. The molecule has 142 valence electrons. The highest BCUT2D eigenvalue weighted by molar-refractivity contribution is 6.31. The lowest BCUT2D eigenvalue weighted by molar-refractivity contribution is 0.0486. The van der Waals surface area contributed by atoms with E-state index in [0.717, 1.165) is 18.4 Å². The first kappa shape index (κ1) is 17.5. The van der Waals surface area contributed by atoms with Crippen molar-refractivity contribution in [2.24, 2.45) is 0 Å². The number of ether oxygens (including phenoxy) is 1. The third kappa shape index (κ3) is 2.74. The Hall–Kier alpha value is -2.63. The molecular weight excluding hydrogens is 378 g/mol. The molecule has 0 N–H and O–H groups in total. The van der Waals surface area contributed by atoms with Gasteiger partial charge in [-0.05, 0) is 36.6 Å². The van der Waals surface area contributed by atoms with Crippen LogP contribution in [0.2, 0.25) is 5.02 Å². The number of nitrogens with zero attached hydrogens (tertiary/aromatic N) is 1. The topological polar surface area (TPSA) is 59.8 Å². The number of carbonyl (C=O) groups excluding carboxylic acids is 1. The summed E-state index contributed by atoms with van der Waals surface area (Å²) in [5.74, 6) is -0.153. The molecule has 0 unspecified atom stereocenters. The number of rotatable bonds is 3. The number of benzene rings is 2. The van der Waals surface area contributed by atoms with E-state index in [0.29, 0.717) is 34.7 Å². The van der Waals surface area contributed by atoms with Crippen molar-refractivity contribution in [3.8, 4) is 0 Å². The first-order valence-corrected chi connectivity index (χ1v) is 9.75. The third-order valence-electron chi connectivity index (χ3n) is 5.47. The van der Waals surface area contributed by atoms with Crippen molar-refractivity contribution in [3.05, 3.63) is 80.7 Å². The molecule has 28 heavy (non-hydrogen) atoms. The molecule has 0 aliphatic carbocycles. The highest BCUT2D eigenvalue weighted by atomic mass is 35.5. The molecule has 2 aliphatic rings. The van der Waals surface area contributed by atoms with Gasteiger partial charge in [-0.3, -0.25) is 9.59 Å². The van der Waals surface area contributed by atoms with Crippen molar-refractivity contribution in [2.45, 2.75) is 25.0 Å². The lowest BCUT2D eigenvalue weighted by Crippen LogP contribution is -2.36. The van der Waals surface area contributed by atoms with Crippen LogP contribution in [-0.2, 0) is 4.74 Å². The van der Waals surface area contributed by atoms with Crippen LogP contribution in [0.3, 0.4) is 0 Å². The van der Waals surface area contributed by atoms with E-state index >= 15 is 0 Å². The zero-order valence-electron chi connectivity index (χ0n) is 15.1. The number of hydrogen-bond acceptors (Lipinski definition) is 4. The van der Waals surface area contributed by atoms with Crippen LogP contribution < -0.4 is 5.43 Å². The molecular formula is C22H18ClNO4. The number of amides is 1. The Morgan fingerprint density at radius 3 is 2.68 bits per heavy atom. The summed E-state index contributed by atoms with van der Waals surface area (Å²) < 4.78 is 11.7. The number of hydrogen-bond donors (Lipinski definition) is 0. The van der Waals surface area contributed by atoms with E-state index < -0.39 is 6.04 Å². The van der Waals surface area contributed by atoms with Gasteiger partial charge < -0.3 is 14.1 Å². The quantitative estimate of drug-likeness (QED) is 0.667. The van der Waals surface area contributed by atoms with Crippen LogP contribution >= 0.6 is 11.6 Å². The van der Waals surface area contributed by atoms with Crippen LogP contribution in [0.1, 0.15) is 40.6 Å². The zero-order valence-corrected chi connectivity index (χ0v) is 15.8. The molecule has 2 atom stereocenters. The van der Waals surface area contributed by atoms with Gasteiger partial charge in [-0.25, -0.2) is 0 Å². The van der Waals surface area contributed by atoms with Crippen LogP contribution in [0.15, 0.2) is 57.7 Å². The summed E-state index contributed by atoms with van der Waals surface area (Å²) in [4.78, 5) is 28.3. The Labute approximate surface area is 166 Å². The van der Waals surface area contributed by atoms with Crippen molar-refractivity contribution >= 4 is 28.5 Å². The van der Waals surface area contributed by atoms with Crippen LogP contribution in [0.5, 0.6) is 0 Å². The summed E-state index contributed by atoms with van der Waals surface area (Å²) >= 11 is 6.09. The van der Waals surface area contributed by atoms with Gasteiger partial charge >= 0.3 is 0 Å². The van der Waals surface area contributed by atoms with Gasteiger partial charge in [0.15, 0.2) is 5.43 Å². The minimum atomic E-state index is -0.493. The van der Waals surface area contributed by atoms with E-state index in [1.165, 1.54) is 0 Å². The summed E-state index contributed by atoms with van der Waals surface area (Å²) in [6.45, 7) is 1.13. The fourth-order valence-electron chi connectivity index (χ4n) is 4.17. The molecule has 5 nitrogen and oxygen atoms in total. The zero-order chi connectivity index (χ0) is 19.3. The van der Waals surface area contributed by atoms with Gasteiger partial charge in [0.25, 0.3) is 5.91 Å². The SMILES string of the molecule is O=C1c2oc3ccc(Cl)cc3c(=O)c2[C@H](c2ccccc2)N1C[C@@H]1CCCO1. The van der Waals surface area contributed by atoms with E-state index in [1.807, 2.05) is 30.3 Å². The summed E-state index contributed by atoms with van der Waals surface area (Å²) in [6.07, 6.45) is 1.86. The summed E-state index contributed by atoms with van der Waals surface area (Å²) in [6, 6.07) is 14.0. The smallest absolute Gasteiger partial charge is 0.291 e. The molecule has 0 radical (unpaired) electrons. The predicted molar refractivity (Wildman–Crippen MR) is 106 cm³/mol. The Kier molecular flexibility index (Phi) is 4.22. The molecule has 2 aliphatic heterocycles. The molecule has 3 aromatic rings. The van der Waals surface area contributed by atoms with Crippen molar-refractivity contribution < 1.29 is 13.9 Å². The molecule has 3 heterocycles. The second kappa shape index (κ2) is 6.76. The Bertz CT molecular complexity index is 1120. The fourth-order valence-corrected chi connectivity index (χ4v) is 4.34. The van der Waals surface area contributed by atoms with Gasteiger partial charge in [-0.15, -0.1) is 0 Å². The highest BCUT2D eigenvalue weighted by Crippen LogP contribution is 2.39. The van der Waals surface area contributed by atoms with Crippen LogP contribution in [-0.4, -0.2) is 30.1 Å². The minimum Gasteiger partial charge on any atom is -0.450 e. The Balaban J connectivity index is 1.71. The maximum atomic E-state index is 13.4. The number of carbonyl (C=O) groups is 1. The summed E-state index contributed by atoms with van der Waals surface area (Å²) in [7, 11) is 0. The van der Waals surface area contributed by atoms with Crippen molar-refractivity contribution in [1.82, 2.24) is 4.90 Å². The van der Waals surface area contributed by atoms with Gasteiger partial charge in [0.1, 0.15) is 5.58 Å². The Morgan fingerprint density at radius 2 is 1.93 bits per heavy atom. The molecule has 2 aromatic carbocycles. The third-order valence-corrected chi connectivity index (χ3v) is 5.70. The fraction of sp³-hybridized carbons (Fsp3) is 0.273. The van der Waals surface area contributed by atoms with Gasteiger partial charge in [-0.1, -0.05) is 41.9 Å². The normalized spacial score (nSPS) is 21.5. The summed E-state index contributed by atoms with van der Waals surface area (Å²) in [5.41, 5.74) is 1.41. The molecule has 6 heteroatoms. The van der Waals surface area contributed by atoms with Crippen LogP contribution in [0.4, 0.5) is 0 Å². The van der Waals surface area contributed by atoms with Gasteiger partial charge in [0.05, 0.1) is 23.1 Å². The number of halogens is 1. The lowest BCUT2D eigenvalue weighted by atomic mass is 9.98. The number of fused-ring (bicyclic) bond motifs is 2. The van der Waals surface area contributed by atoms with Gasteiger partial charge in [0.2, 0.25) is 5.76 Å². The maximum Gasteiger partial charge on any atom is 0.291 e. The molecule has 5 rings (SSSR count). The second-order valence-corrected chi connectivity index (χ2v) is 7.66. The first-order valence-electron chi connectivity index (χ1n) is 9.37. The largest absolute Gasteiger partial charge is 0.450 e. The maximum absolute atomic E-state index is 13.4. The van der Waals surface area contributed by atoms with Crippen molar-refractivity contribution in [3.63, 3.8) is 0 Å². The minimum absolute atomic E-state index is 0.0246. The van der Waals surface area contributed by atoms with E-state index in [-0.39, 0.29) is 23.2 Å². The second-order valence-electron chi connectivity index (χ2n) is 7.22. The molecule has 1 aromatic heterocycles. The average Bonchev–Trinajstić information content (AvgIpc) is 3.31. The van der Waals surface area contributed by atoms with E-state index in [4.69, 9.17) is 20.8 Å². The molecule has 0 saturated carbocycles. The molecule has 0 bridgehead atoms. The van der Waals surface area contributed by atoms with Crippen molar-refractivity contribution in [2.75, 3.05) is 13.2 Å². The summed E-state index contributed by atoms with van der Waals surface area (Å²) in [5, 5.41) is 0.843. The predicted octanol–water partition coefficient (Wildman–Crippen LogP) is 4.17. The Morgan fingerprint density at radius 1 is 1.11 bits per heavy atom. The average molecular weight is 396 g/mol. The van der Waals surface area contributed by atoms with E-state index in [9.17, 15) is 9.59 Å². The first-order chi connectivity index (χ1) is 13.6. The van der Waals surface area contributed by atoms with Crippen molar-refractivity contribution in [1.29, 1.82) is 0 Å². The monoisotopic (exact) mass is 395 g/mol. The van der Waals surface area contributed by atoms with E-state index in [1.54, 1.807) is 23.1 Å².